The van der Waals surface area contributed by atoms with E-state index in [1.54, 1.807) is 6.07 Å². The van der Waals surface area contributed by atoms with Gasteiger partial charge < -0.3 is 15.3 Å². The van der Waals surface area contributed by atoms with Crippen LogP contribution in [0.3, 0.4) is 0 Å². The van der Waals surface area contributed by atoms with E-state index in [-0.39, 0.29) is 0 Å². The summed E-state index contributed by atoms with van der Waals surface area (Å²) in [5.74, 6) is 0.357. The van der Waals surface area contributed by atoms with Gasteiger partial charge in [0.2, 0.25) is 0 Å². The number of benzene rings is 1. The van der Waals surface area contributed by atoms with Gasteiger partial charge in [0.05, 0.1) is 16.9 Å². The summed E-state index contributed by atoms with van der Waals surface area (Å²) in [7, 11) is 0. The fraction of sp³-hybridized carbons (Fsp3) is 0.538. The zero-order chi connectivity index (χ0) is 11.2. The molecule has 16 heavy (non-hydrogen) atoms. The summed E-state index contributed by atoms with van der Waals surface area (Å²) < 4.78 is 0. The summed E-state index contributed by atoms with van der Waals surface area (Å²) >= 11 is 0. The number of phenolic OH excluding ortho intramolecular Hbond substituents is 1. The van der Waals surface area contributed by atoms with Crippen LogP contribution in [-0.4, -0.2) is 23.7 Å². The van der Waals surface area contributed by atoms with Crippen LogP contribution in [-0.2, 0) is 0 Å². The fourth-order valence-electron chi connectivity index (χ4n) is 3.04. The van der Waals surface area contributed by atoms with Gasteiger partial charge in [-0.1, -0.05) is 0 Å². The summed E-state index contributed by atoms with van der Waals surface area (Å²) in [6.07, 6.45) is 3.86. The quantitative estimate of drug-likeness (QED) is 0.711. The lowest BCUT2D eigenvalue weighted by Gasteiger charge is -2.54. The second-order valence-electron chi connectivity index (χ2n) is 4.88. The molecule has 2 N–H and O–H groups in total. The number of rotatable bonds is 1. The van der Waals surface area contributed by atoms with Gasteiger partial charge in [-0.15, -0.1) is 0 Å². The number of phenols is 1. The van der Waals surface area contributed by atoms with E-state index in [1.807, 2.05) is 12.1 Å². The van der Waals surface area contributed by atoms with Gasteiger partial charge >= 0.3 is 0 Å². The van der Waals surface area contributed by atoms with Gasteiger partial charge in [-0.25, -0.2) is 0 Å². The standard InChI is InChI=1S/C13H18N2O/c1-2-15-12-8-10(16)4-5-11(12)14-9-13(15)6-3-7-13/h4-5,8,14,16H,2-3,6-7,9H2,1H3. The molecule has 1 aromatic carbocycles. The normalized spacial score (nSPS) is 21.2. The van der Waals surface area contributed by atoms with Crippen molar-refractivity contribution in [2.75, 3.05) is 23.3 Å². The zero-order valence-electron chi connectivity index (χ0n) is 9.66. The molecule has 1 heterocycles. The predicted molar refractivity (Wildman–Crippen MR) is 66.2 cm³/mol. The topological polar surface area (TPSA) is 35.5 Å². The van der Waals surface area contributed by atoms with Crippen LogP contribution in [0.4, 0.5) is 11.4 Å². The lowest BCUT2D eigenvalue weighted by Crippen LogP contribution is -2.60. The average molecular weight is 218 g/mol. The zero-order valence-corrected chi connectivity index (χ0v) is 9.66. The highest BCUT2D eigenvalue weighted by Gasteiger charge is 2.44. The van der Waals surface area contributed by atoms with Crippen molar-refractivity contribution < 1.29 is 5.11 Å². The Labute approximate surface area is 96.1 Å². The van der Waals surface area contributed by atoms with E-state index < -0.39 is 0 Å². The van der Waals surface area contributed by atoms with Crippen molar-refractivity contribution in [3.8, 4) is 5.75 Å². The first-order chi connectivity index (χ1) is 7.75. The predicted octanol–water partition coefficient (Wildman–Crippen LogP) is 2.57. The second-order valence-corrected chi connectivity index (χ2v) is 4.88. The van der Waals surface area contributed by atoms with Gasteiger partial charge in [-0.05, 0) is 38.3 Å². The van der Waals surface area contributed by atoms with E-state index in [0.717, 1.165) is 24.5 Å². The minimum atomic E-state index is 0.315. The van der Waals surface area contributed by atoms with E-state index in [2.05, 4.69) is 17.1 Å². The first-order valence-corrected chi connectivity index (χ1v) is 6.10. The van der Waals surface area contributed by atoms with Gasteiger partial charge in [0.1, 0.15) is 5.75 Å². The number of nitrogens with zero attached hydrogens (tertiary/aromatic N) is 1. The molecular weight excluding hydrogens is 200 g/mol. The lowest BCUT2D eigenvalue weighted by atomic mass is 9.73. The summed E-state index contributed by atoms with van der Waals surface area (Å²) in [5, 5.41) is 13.1. The summed E-state index contributed by atoms with van der Waals surface area (Å²) in [5.41, 5.74) is 2.63. The molecule has 0 saturated heterocycles. The van der Waals surface area contributed by atoms with Crippen LogP contribution in [0.25, 0.3) is 0 Å². The molecular formula is C13H18N2O. The molecule has 2 aliphatic rings. The van der Waals surface area contributed by atoms with Crippen LogP contribution in [0.1, 0.15) is 26.2 Å². The molecule has 3 nitrogen and oxygen atoms in total. The smallest absolute Gasteiger partial charge is 0.117 e. The molecule has 0 amide bonds. The Hall–Kier alpha value is -1.38. The molecule has 1 spiro atoms. The number of nitrogens with one attached hydrogen (secondary N) is 1. The van der Waals surface area contributed by atoms with Crippen molar-refractivity contribution in [3.05, 3.63) is 18.2 Å². The maximum atomic E-state index is 9.61. The Morgan fingerprint density at radius 1 is 1.44 bits per heavy atom. The van der Waals surface area contributed by atoms with Crippen LogP contribution >= 0.6 is 0 Å². The molecule has 86 valence electrons. The van der Waals surface area contributed by atoms with Gasteiger partial charge in [-0.2, -0.15) is 0 Å². The molecule has 1 aliphatic carbocycles. The molecule has 0 aromatic heterocycles. The Morgan fingerprint density at radius 3 is 2.88 bits per heavy atom. The van der Waals surface area contributed by atoms with E-state index in [0.29, 0.717) is 11.3 Å². The Morgan fingerprint density at radius 2 is 2.25 bits per heavy atom. The van der Waals surface area contributed by atoms with Gasteiger partial charge in [0.15, 0.2) is 0 Å². The first kappa shape index (κ1) is 9.82. The van der Waals surface area contributed by atoms with Crippen LogP contribution in [0, 0.1) is 0 Å². The molecule has 0 unspecified atom stereocenters. The third kappa shape index (κ3) is 1.20. The number of fused-ring (bicyclic) bond motifs is 1. The highest BCUT2D eigenvalue weighted by Crippen LogP contribution is 2.46. The molecule has 0 bridgehead atoms. The third-order valence-corrected chi connectivity index (χ3v) is 4.05. The number of hydrogen-bond donors (Lipinski definition) is 2. The second kappa shape index (κ2) is 3.30. The summed E-state index contributed by atoms with van der Waals surface area (Å²) in [6.45, 7) is 4.25. The van der Waals surface area contributed by atoms with Crippen molar-refractivity contribution >= 4 is 11.4 Å². The maximum Gasteiger partial charge on any atom is 0.117 e. The van der Waals surface area contributed by atoms with Crippen molar-refractivity contribution in [1.29, 1.82) is 0 Å². The van der Waals surface area contributed by atoms with Gasteiger partial charge in [-0.3, -0.25) is 0 Å². The van der Waals surface area contributed by atoms with Crippen molar-refractivity contribution in [1.82, 2.24) is 0 Å². The monoisotopic (exact) mass is 218 g/mol. The highest BCUT2D eigenvalue weighted by molar-refractivity contribution is 5.75. The van der Waals surface area contributed by atoms with E-state index >= 15 is 0 Å². The van der Waals surface area contributed by atoms with E-state index in [4.69, 9.17) is 0 Å². The largest absolute Gasteiger partial charge is 0.508 e. The molecule has 1 aromatic rings. The number of anilines is 2. The molecule has 1 saturated carbocycles. The van der Waals surface area contributed by atoms with Crippen molar-refractivity contribution in [2.45, 2.75) is 31.7 Å². The average Bonchev–Trinajstić information content (AvgIpc) is 2.25. The molecule has 1 fully saturated rings. The van der Waals surface area contributed by atoms with Crippen LogP contribution in [0.2, 0.25) is 0 Å². The molecule has 0 atom stereocenters. The SMILES string of the molecule is CCN1c2cc(O)ccc2NCC12CCC2. The van der Waals surface area contributed by atoms with E-state index in [1.165, 1.54) is 19.3 Å². The molecule has 3 heteroatoms. The van der Waals surface area contributed by atoms with Crippen LogP contribution in [0.5, 0.6) is 5.75 Å². The third-order valence-electron chi connectivity index (χ3n) is 4.05. The number of aromatic hydroxyl groups is 1. The first-order valence-electron chi connectivity index (χ1n) is 6.10. The molecule has 1 aliphatic heterocycles. The minimum absolute atomic E-state index is 0.315. The molecule has 0 radical (unpaired) electrons. The Bertz CT molecular complexity index is 412. The Kier molecular flexibility index (Phi) is 2.03. The molecule has 3 rings (SSSR count). The van der Waals surface area contributed by atoms with Crippen LogP contribution < -0.4 is 10.2 Å². The van der Waals surface area contributed by atoms with E-state index in [9.17, 15) is 5.11 Å². The van der Waals surface area contributed by atoms with Crippen molar-refractivity contribution in [2.24, 2.45) is 0 Å². The van der Waals surface area contributed by atoms with Crippen molar-refractivity contribution in [3.63, 3.8) is 0 Å². The maximum absolute atomic E-state index is 9.61. The lowest BCUT2D eigenvalue weighted by molar-refractivity contribution is 0.240. The number of hydrogen-bond acceptors (Lipinski definition) is 3. The summed E-state index contributed by atoms with van der Waals surface area (Å²) in [6, 6.07) is 5.60. The number of likely N-dealkylation sites (N-methyl/N-ethyl adjacent to an activating group) is 1. The van der Waals surface area contributed by atoms with Gasteiger partial charge in [0.25, 0.3) is 0 Å². The summed E-state index contributed by atoms with van der Waals surface area (Å²) in [4.78, 5) is 2.46. The Balaban J connectivity index is 2.05. The van der Waals surface area contributed by atoms with Gasteiger partial charge in [0, 0.05) is 19.2 Å². The van der Waals surface area contributed by atoms with Crippen LogP contribution in [0.15, 0.2) is 18.2 Å². The fourth-order valence-corrected chi connectivity index (χ4v) is 3.04. The minimum Gasteiger partial charge on any atom is -0.508 e. The highest BCUT2D eigenvalue weighted by atomic mass is 16.3.